The van der Waals surface area contributed by atoms with E-state index < -0.39 is 38.9 Å². The van der Waals surface area contributed by atoms with Crippen LogP contribution in [0.25, 0.3) is 0 Å². The average molecular weight is 335 g/mol. The van der Waals surface area contributed by atoms with Gasteiger partial charge in [0.1, 0.15) is 0 Å². The molecule has 2 rings (SSSR count). The van der Waals surface area contributed by atoms with Crippen molar-refractivity contribution in [1.29, 1.82) is 0 Å². The lowest BCUT2D eigenvalue weighted by atomic mass is 10.2. The molecule has 0 spiro atoms. The summed E-state index contributed by atoms with van der Waals surface area (Å²) in [5.41, 5.74) is -1.10. The molecule has 0 aliphatic rings. The molecule has 1 unspecified atom stereocenters. The third-order valence-corrected chi connectivity index (χ3v) is 4.42. The zero-order valence-corrected chi connectivity index (χ0v) is 12.1. The van der Waals surface area contributed by atoms with E-state index in [1.54, 1.807) is 0 Å². The van der Waals surface area contributed by atoms with E-state index in [1.807, 2.05) is 0 Å². The molecule has 2 aromatic rings. The summed E-state index contributed by atoms with van der Waals surface area (Å²) in [6, 6.07) is 8.17. The first-order chi connectivity index (χ1) is 10.8. The number of rotatable bonds is 5. The third kappa shape index (κ3) is 3.24. The van der Waals surface area contributed by atoms with Gasteiger partial charge in [0.15, 0.2) is 0 Å². The summed E-state index contributed by atoms with van der Waals surface area (Å²) in [7, 11) is -2.20. The fraction of sp³-hybridized carbons (Fsp3) is 0. The molecule has 2 N–H and O–H groups in total. The molecule has 2 aromatic carbocycles. The van der Waals surface area contributed by atoms with E-state index in [-0.39, 0.29) is 15.4 Å². The summed E-state index contributed by atoms with van der Waals surface area (Å²) in [5.74, 6) is -2.76. The van der Waals surface area contributed by atoms with E-state index in [0.29, 0.717) is 0 Å². The molecule has 0 bridgehead atoms. The van der Waals surface area contributed by atoms with Crippen molar-refractivity contribution in [3.8, 4) is 0 Å². The van der Waals surface area contributed by atoms with Crippen molar-refractivity contribution >= 4 is 28.4 Å². The number of nitrogens with zero attached hydrogens (tertiary/aromatic N) is 1. The number of carbonyl (C=O) groups is 2. The molecule has 9 heteroatoms. The zero-order chi connectivity index (χ0) is 17.1. The van der Waals surface area contributed by atoms with Crippen LogP contribution >= 0.6 is 0 Å². The van der Waals surface area contributed by atoms with Crippen LogP contribution in [0, 0.1) is 10.1 Å². The number of benzene rings is 2. The highest BCUT2D eigenvalue weighted by molar-refractivity contribution is 7.85. The predicted octanol–water partition coefficient (Wildman–Crippen LogP) is 2.16. The van der Waals surface area contributed by atoms with Gasteiger partial charge in [-0.05, 0) is 18.2 Å². The predicted molar refractivity (Wildman–Crippen MR) is 78.1 cm³/mol. The van der Waals surface area contributed by atoms with Crippen LogP contribution in [0.1, 0.15) is 20.7 Å². The number of carboxylic acids is 2. The van der Waals surface area contributed by atoms with Crippen LogP contribution in [0.4, 0.5) is 5.69 Å². The summed E-state index contributed by atoms with van der Waals surface area (Å²) in [6.07, 6.45) is 0. The minimum absolute atomic E-state index is 0.136. The van der Waals surface area contributed by atoms with Crippen LogP contribution in [-0.2, 0) is 10.8 Å². The number of carboxylic acid groups (broad SMARTS) is 2. The summed E-state index contributed by atoms with van der Waals surface area (Å²) < 4.78 is 12.6. The maximum absolute atomic E-state index is 12.6. The smallest absolute Gasteiger partial charge is 0.336 e. The van der Waals surface area contributed by atoms with E-state index in [2.05, 4.69) is 0 Å². The Morgan fingerprint density at radius 2 is 1.52 bits per heavy atom. The van der Waals surface area contributed by atoms with Crippen LogP contribution in [0.15, 0.2) is 52.3 Å². The van der Waals surface area contributed by atoms with Crippen LogP contribution in [0.2, 0.25) is 0 Å². The van der Waals surface area contributed by atoms with Crippen molar-refractivity contribution < 1.29 is 28.9 Å². The fourth-order valence-corrected chi connectivity index (χ4v) is 3.26. The van der Waals surface area contributed by atoms with Crippen LogP contribution < -0.4 is 0 Å². The monoisotopic (exact) mass is 335 g/mol. The third-order valence-electron chi connectivity index (χ3n) is 2.92. The molecule has 0 radical (unpaired) electrons. The molecular formula is C14H9NO7S. The number of nitro groups is 1. The Morgan fingerprint density at radius 1 is 0.957 bits per heavy atom. The minimum atomic E-state index is -2.20. The molecule has 0 saturated heterocycles. The van der Waals surface area contributed by atoms with Gasteiger partial charge in [-0.1, -0.05) is 12.1 Å². The van der Waals surface area contributed by atoms with Gasteiger partial charge in [0.2, 0.25) is 0 Å². The second-order valence-electron chi connectivity index (χ2n) is 4.31. The SMILES string of the molecule is O=C(O)c1ccccc1S(=O)c1cc([N+](=O)[O-])ccc1C(=O)O. The van der Waals surface area contributed by atoms with Crippen molar-refractivity contribution in [3.05, 3.63) is 63.7 Å². The summed E-state index contributed by atoms with van der Waals surface area (Å²) >= 11 is 0. The number of aromatic carboxylic acids is 2. The van der Waals surface area contributed by atoms with Crippen LogP contribution in [0.5, 0.6) is 0 Å². The molecule has 118 valence electrons. The van der Waals surface area contributed by atoms with Crippen molar-refractivity contribution in [1.82, 2.24) is 0 Å². The number of non-ortho nitro benzene ring substituents is 1. The first-order valence-corrected chi connectivity index (χ1v) is 7.23. The molecule has 0 aromatic heterocycles. The Labute approximate surface area is 131 Å². The summed E-state index contributed by atoms with van der Waals surface area (Å²) in [6.45, 7) is 0. The van der Waals surface area contributed by atoms with E-state index >= 15 is 0 Å². The largest absolute Gasteiger partial charge is 0.478 e. The van der Waals surface area contributed by atoms with Gasteiger partial charge >= 0.3 is 11.9 Å². The number of hydrogen-bond acceptors (Lipinski definition) is 5. The van der Waals surface area contributed by atoms with Crippen molar-refractivity contribution in [3.63, 3.8) is 0 Å². The first-order valence-electron chi connectivity index (χ1n) is 6.08. The normalized spacial score (nSPS) is 11.7. The quantitative estimate of drug-likeness (QED) is 0.631. The number of nitro benzene ring substituents is 1. The van der Waals surface area contributed by atoms with E-state index in [4.69, 9.17) is 10.2 Å². The van der Waals surface area contributed by atoms with Crippen LogP contribution in [-0.4, -0.2) is 31.3 Å². The van der Waals surface area contributed by atoms with Gasteiger partial charge in [-0.3, -0.25) is 10.1 Å². The Kier molecular flexibility index (Phi) is 4.51. The first kappa shape index (κ1) is 16.3. The Balaban J connectivity index is 2.67. The molecule has 0 aliphatic heterocycles. The molecule has 1 atom stereocenters. The van der Waals surface area contributed by atoms with E-state index in [0.717, 1.165) is 18.2 Å². The lowest BCUT2D eigenvalue weighted by Crippen LogP contribution is -2.09. The van der Waals surface area contributed by atoms with Gasteiger partial charge in [-0.15, -0.1) is 0 Å². The molecule has 23 heavy (non-hydrogen) atoms. The lowest BCUT2D eigenvalue weighted by molar-refractivity contribution is -0.385. The van der Waals surface area contributed by atoms with E-state index in [1.165, 1.54) is 24.3 Å². The minimum Gasteiger partial charge on any atom is -0.478 e. The molecule has 0 fully saturated rings. The molecule has 0 saturated carbocycles. The second-order valence-corrected chi connectivity index (χ2v) is 5.73. The zero-order valence-electron chi connectivity index (χ0n) is 11.3. The maximum atomic E-state index is 12.6. The summed E-state index contributed by atoms with van der Waals surface area (Å²) in [4.78, 5) is 32.0. The highest BCUT2D eigenvalue weighted by atomic mass is 32.2. The topological polar surface area (TPSA) is 135 Å². The average Bonchev–Trinajstić information content (AvgIpc) is 2.53. The summed E-state index contributed by atoms with van der Waals surface area (Å²) in [5, 5.41) is 29.1. The molecule has 0 heterocycles. The maximum Gasteiger partial charge on any atom is 0.336 e. The van der Waals surface area contributed by atoms with Crippen molar-refractivity contribution in [2.45, 2.75) is 9.79 Å². The van der Waals surface area contributed by atoms with Gasteiger partial charge in [-0.2, -0.15) is 0 Å². The van der Waals surface area contributed by atoms with Gasteiger partial charge in [0.25, 0.3) is 5.69 Å². The fourth-order valence-electron chi connectivity index (χ4n) is 1.88. The lowest BCUT2D eigenvalue weighted by Gasteiger charge is -2.08. The second kappa shape index (κ2) is 6.36. The molecule has 8 nitrogen and oxygen atoms in total. The number of hydrogen-bond donors (Lipinski definition) is 2. The highest BCUT2D eigenvalue weighted by Gasteiger charge is 2.23. The van der Waals surface area contributed by atoms with Crippen molar-refractivity contribution in [2.75, 3.05) is 0 Å². The highest BCUT2D eigenvalue weighted by Crippen LogP contribution is 2.27. The van der Waals surface area contributed by atoms with Gasteiger partial charge in [-0.25, -0.2) is 13.8 Å². The standard InChI is InChI=1S/C14H9NO7S/c16-13(17)9-3-1-2-4-11(9)23(22)12-7-8(15(20)21)5-6-10(12)14(18)19/h1-7H,(H,16,17)(H,18,19). The molecular weight excluding hydrogens is 326 g/mol. The van der Waals surface area contributed by atoms with Gasteiger partial charge in [0, 0.05) is 12.1 Å². The Morgan fingerprint density at radius 3 is 2.09 bits per heavy atom. The van der Waals surface area contributed by atoms with Gasteiger partial charge < -0.3 is 10.2 Å². The molecule has 0 amide bonds. The van der Waals surface area contributed by atoms with Gasteiger partial charge in [0.05, 0.1) is 36.6 Å². The Hall–Kier alpha value is -3.07. The van der Waals surface area contributed by atoms with E-state index in [9.17, 15) is 23.9 Å². The van der Waals surface area contributed by atoms with Crippen molar-refractivity contribution in [2.24, 2.45) is 0 Å². The van der Waals surface area contributed by atoms with Crippen LogP contribution in [0.3, 0.4) is 0 Å². The Bertz CT molecular complexity index is 847. The molecule has 0 aliphatic carbocycles.